The number of benzene rings is 2. The molecular formula is C22H19F4NO3. The molecule has 30 heavy (non-hydrogen) atoms. The van der Waals surface area contributed by atoms with Gasteiger partial charge in [0, 0.05) is 12.1 Å². The quantitative estimate of drug-likeness (QED) is 0.711. The second-order valence-electron chi connectivity index (χ2n) is 7.87. The second kappa shape index (κ2) is 7.11. The number of carbonyl (C=O) groups is 2. The molecule has 1 N–H and O–H groups in total. The molecule has 0 bridgehead atoms. The number of carbonyl (C=O) groups excluding carboxylic acids is 1. The van der Waals surface area contributed by atoms with Crippen LogP contribution in [0.3, 0.4) is 0 Å². The van der Waals surface area contributed by atoms with Crippen molar-refractivity contribution in [3.05, 3.63) is 70.5 Å². The number of amides is 1. The van der Waals surface area contributed by atoms with E-state index in [4.69, 9.17) is 0 Å². The number of nitrogens with zero attached hydrogens (tertiary/aromatic N) is 1. The molecule has 2 aromatic carbocycles. The molecule has 2 aliphatic rings. The molecule has 4 nitrogen and oxygen atoms in total. The summed E-state index contributed by atoms with van der Waals surface area (Å²) in [7, 11) is 0. The van der Waals surface area contributed by atoms with Crippen molar-refractivity contribution < 1.29 is 32.3 Å². The van der Waals surface area contributed by atoms with E-state index in [9.17, 15) is 32.3 Å². The van der Waals surface area contributed by atoms with Crippen molar-refractivity contribution in [1.82, 2.24) is 4.90 Å². The van der Waals surface area contributed by atoms with Crippen molar-refractivity contribution in [1.29, 1.82) is 0 Å². The van der Waals surface area contributed by atoms with Crippen LogP contribution in [0.5, 0.6) is 0 Å². The minimum absolute atomic E-state index is 0.161. The van der Waals surface area contributed by atoms with Gasteiger partial charge in [-0.3, -0.25) is 9.59 Å². The molecule has 1 fully saturated rings. The number of fused-ring (bicyclic) bond motifs is 1. The minimum Gasteiger partial charge on any atom is -0.481 e. The summed E-state index contributed by atoms with van der Waals surface area (Å²) in [5.74, 6) is -3.81. The molecule has 1 saturated carbocycles. The minimum atomic E-state index is -4.82. The number of halogens is 4. The van der Waals surface area contributed by atoms with Gasteiger partial charge >= 0.3 is 12.1 Å². The van der Waals surface area contributed by atoms with Gasteiger partial charge in [-0.25, -0.2) is 4.39 Å². The zero-order valence-electron chi connectivity index (χ0n) is 15.9. The Morgan fingerprint density at radius 3 is 2.40 bits per heavy atom. The van der Waals surface area contributed by atoms with Crippen LogP contribution in [-0.4, -0.2) is 27.4 Å². The van der Waals surface area contributed by atoms with Gasteiger partial charge in [0.15, 0.2) is 0 Å². The number of hydrogen-bond acceptors (Lipinski definition) is 2. The van der Waals surface area contributed by atoms with E-state index in [2.05, 4.69) is 0 Å². The normalized spacial score (nSPS) is 20.5. The number of carboxylic acid groups (broad SMARTS) is 1. The lowest BCUT2D eigenvalue weighted by molar-refractivity contribution is -0.143. The van der Waals surface area contributed by atoms with Crippen molar-refractivity contribution in [3.8, 4) is 0 Å². The molecule has 1 aliphatic carbocycles. The van der Waals surface area contributed by atoms with Crippen LogP contribution < -0.4 is 0 Å². The maximum Gasteiger partial charge on any atom is 0.419 e. The average Bonchev–Trinajstić information content (AvgIpc) is 3.14. The summed E-state index contributed by atoms with van der Waals surface area (Å²) in [4.78, 5) is 27.0. The van der Waals surface area contributed by atoms with Crippen molar-refractivity contribution >= 4 is 11.9 Å². The smallest absolute Gasteiger partial charge is 0.419 e. The molecule has 2 aromatic rings. The lowest BCUT2D eigenvalue weighted by atomic mass is 9.71. The van der Waals surface area contributed by atoms with E-state index in [0.29, 0.717) is 24.5 Å². The number of carboxylic acids is 1. The Labute approximate surface area is 170 Å². The predicted molar refractivity (Wildman–Crippen MR) is 99.3 cm³/mol. The Kier molecular flexibility index (Phi) is 4.83. The summed E-state index contributed by atoms with van der Waals surface area (Å²) in [5, 5.41) is 10.0. The Hall–Kier alpha value is -2.90. The Bertz CT molecular complexity index is 1010. The molecule has 1 spiro atoms. The maximum absolute atomic E-state index is 14.1. The van der Waals surface area contributed by atoms with Gasteiger partial charge in [0.1, 0.15) is 11.7 Å². The zero-order chi connectivity index (χ0) is 21.7. The monoisotopic (exact) mass is 421 g/mol. The zero-order valence-corrected chi connectivity index (χ0v) is 15.9. The summed E-state index contributed by atoms with van der Waals surface area (Å²) in [6, 6.07) is 9.08. The van der Waals surface area contributed by atoms with Gasteiger partial charge in [-0.1, -0.05) is 37.1 Å². The van der Waals surface area contributed by atoms with Gasteiger partial charge < -0.3 is 10.0 Å². The predicted octanol–water partition coefficient (Wildman–Crippen LogP) is 4.98. The van der Waals surface area contributed by atoms with Crippen LogP contribution in [0.25, 0.3) is 0 Å². The number of rotatable bonds is 3. The Balaban J connectivity index is 1.79. The summed E-state index contributed by atoms with van der Waals surface area (Å²) < 4.78 is 52.7. The summed E-state index contributed by atoms with van der Waals surface area (Å²) >= 11 is 0. The van der Waals surface area contributed by atoms with Crippen LogP contribution in [0, 0.1) is 5.82 Å². The average molecular weight is 421 g/mol. The van der Waals surface area contributed by atoms with E-state index in [0.717, 1.165) is 25.0 Å². The van der Waals surface area contributed by atoms with Gasteiger partial charge in [0.05, 0.1) is 11.1 Å². The van der Waals surface area contributed by atoms with E-state index < -0.39 is 35.0 Å². The topological polar surface area (TPSA) is 57.6 Å². The fourth-order valence-corrected chi connectivity index (χ4v) is 4.94. The van der Waals surface area contributed by atoms with Crippen LogP contribution in [0.1, 0.15) is 58.6 Å². The standard InChI is InChI=1S/C22H19F4NO3/c23-17-11-13(7-8-16(17)22(24,25)26)12-27-19(28)15-6-2-1-5-14(15)18(20(29)30)21(27)9-3-4-10-21/h1-2,5-8,11,18H,3-4,9-10,12H2,(H,29,30). The Morgan fingerprint density at radius 1 is 1.13 bits per heavy atom. The van der Waals surface area contributed by atoms with Gasteiger partial charge in [-0.2, -0.15) is 13.2 Å². The van der Waals surface area contributed by atoms with E-state index >= 15 is 0 Å². The van der Waals surface area contributed by atoms with Crippen LogP contribution in [0.15, 0.2) is 42.5 Å². The SMILES string of the molecule is O=C(O)C1c2ccccc2C(=O)N(Cc2ccc(C(F)(F)F)c(F)c2)C12CCCC2. The Morgan fingerprint density at radius 2 is 1.80 bits per heavy atom. The summed E-state index contributed by atoms with van der Waals surface area (Å²) in [5.41, 5.74) is -1.47. The van der Waals surface area contributed by atoms with Crippen molar-refractivity contribution in [2.45, 2.75) is 49.9 Å². The van der Waals surface area contributed by atoms with Gasteiger partial charge in [0.2, 0.25) is 0 Å². The third-order valence-corrected chi connectivity index (χ3v) is 6.22. The number of hydrogen-bond donors (Lipinski definition) is 1. The molecule has 0 saturated heterocycles. The molecule has 1 aliphatic heterocycles. The van der Waals surface area contributed by atoms with Crippen LogP contribution >= 0.6 is 0 Å². The lowest BCUT2D eigenvalue weighted by Crippen LogP contribution is -2.58. The largest absolute Gasteiger partial charge is 0.481 e. The van der Waals surface area contributed by atoms with Crippen molar-refractivity contribution in [2.24, 2.45) is 0 Å². The molecular weight excluding hydrogens is 402 g/mol. The number of alkyl halides is 3. The van der Waals surface area contributed by atoms with E-state index in [1.54, 1.807) is 24.3 Å². The lowest BCUT2D eigenvalue weighted by Gasteiger charge is -2.49. The highest BCUT2D eigenvalue weighted by molar-refractivity contribution is 6.01. The second-order valence-corrected chi connectivity index (χ2v) is 7.87. The van der Waals surface area contributed by atoms with Crippen LogP contribution in [-0.2, 0) is 17.5 Å². The third-order valence-electron chi connectivity index (χ3n) is 6.22. The maximum atomic E-state index is 14.1. The van der Waals surface area contributed by atoms with Crippen molar-refractivity contribution in [2.75, 3.05) is 0 Å². The highest BCUT2D eigenvalue weighted by atomic mass is 19.4. The molecule has 1 unspecified atom stereocenters. The molecule has 0 aromatic heterocycles. The summed E-state index contributed by atoms with van der Waals surface area (Å²) in [6.45, 7) is -0.161. The van der Waals surface area contributed by atoms with E-state index in [1.807, 2.05) is 0 Å². The molecule has 8 heteroatoms. The molecule has 4 rings (SSSR count). The molecule has 0 radical (unpaired) electrons. The number of aliphatic carboxylic acids is 1. The van der Waals surface area contributed by atoms with Crippen LogP contribution in [0.4, 0.5) is 17.6 Å². The summed E-state index contributed by atoms with van der Waals surface area (Å²) in [6.07, 6.45) is -2.42. The first-order valence-corrected chi connectivity index (χ1v) is 9.64. The highest BCUT2D eigenvalue weighted by Gasteiger charge is 2.55. The fraction of sp³-hybridized carbons (Fsp3) is 0.364. The first kappa shape index (κ1) is 20.4. The fourth-order valence-electron chi connectivity index (χ4n) is 4.94. The first-order chi connectivity index (χ1) is 14.1. The van der Waals surface area contributed by atoms with Crippen LogP contribution in [0.2, 0.25) is 0 Å². The first-order valence-electron chi connectivity index (χ1n) is 9.64. The molecule has 1 atom stereocenters. The van der Waals surface area contributed by atoms with Gasteiger partial charge in [-0.05, 0) is 42.2 Å². The van der Waals surface area contributed by atoms with E-state index in [1.165, 1.54) is 4.90 Å². The third kappa shape index (κ3) is 3.14. The molecule has 1 amide bonds. The highest BCUT2D eigenvalue weighted by Crippen LogP contribution is 2.51. The van der Waals surface area contributed by atoms with Gasteiger partial charge in [-0.15, -0.1) is 0 Å². The molecule has 1 heterocycles. The van der Waals surface area contributed by atoms with E-state index in [-0.39, 0.29) is 23.6 Å². The molecule has 158 valence electrons. The van der Waals surface area contributed by atoms with Gasteiger partial charge in [0.25, 0.3) is 5.91 Å². The van der Waals surface area contributed by atoms with Crippen molar-refractivity contribution in [3.63, 3.8) is 0 Å².